The molecule has 0 bridgehead atoms. The number of ketones is 1. The average Bonchev–Trinajstić information content (AvgIpc) is 3.26. The van der Waals surface area contributed by atoms with Crippen molar-refractivity contribution in [3.8, 4) is 0 Å². The molecule has 3 heterocycles. The number of anilines is 3. The number of benzene rings is 1. The Labute approximate surface area is 228 Å². The number of hydrogen-bond donors (Lipinski definition) is 1. The number of nitrogens with one attached hydrogen (secondary N) is 1. The van der Waals surface area contributed by atoms with Crippen molar-refractivity contribution in [3.05, 3.63) is 42.0 Å². The monoisotopic (exact) mass is 519 g/mol. The fourth-order valence-electron chi connectivity index (χ4n) is 4.96. The minimum atomic E-state index is 0.0696. The first-order valence-corrected chi connectivity index (χ1v) is 14.4. The second kappa shape index (κ2) is 13.7. The molecule has 0 spiro atoms. The van der Waals surface area contributed by atoms with Gasteiger partial charge in [0.05, 0.1) is 0 Å². The fraction of sp³-hybridized carbons (Fsp3) is 0.567. The van der Waals surface area contributed by atoms with E-state index in [1.165, 1.54) is 12.8 Å². The molecule has 1 aliphatic heterocycles. The quantitative estimate of drug-likeness (QED) is 0.285. The van der Waals surface area contributed by atoms with Gasteiger partial charge < -0.3 is 20.0 Å². The van der Waals surface area contributed by atoms with Crippen LogP contribution < -0.4 is 10.2 Å². The molecule has 0 amide bonds. The predicted molar refractivity (Wildman–Crippen MR) is 158 cm³/mol. The SMILES string of the molecule is CCCCN(CCCC)c1ccc2nc(Nc3ccc(C(C)=O)cc3)n(CCCN3CCN(C)CC3)c2n1. The van der Waals surface area contributed by atoms with Crippen molar-refractivity contribution in [3.63, 3.8) is 0 Å². The van der Waals surface area contributed by atoms with Gasteiger partial charge in [0.2, 0.25) is 5.95 Å². The lowest BCUT2D eigenvalue weighted by Crippen LogP contribution is -2.44. The van der Waals surface area contributed by atoms with E-state index in [-0.39, 0.29) is 5.78 Å². The van der Waals surface area contributed by atoms with Crippen LogP contribution in [0.1, 0.15) is 63.2 Å². The first-order valence-electron chi connectivity index (χ1n) is 14.4. The summed E-state index contributed by atoms with van der Waals surface area (Å²) in [6.45, 7) is 14.6. The lowest BCUT2D eigenvalue weighted by atomic mass is 10.1. The van der Waals surface area contributed by atoms with E-state index in [2.05, 4.69) is 57.6 Å². The number of likely N-dealkylation sites (N-methyl/N-ethyl adjacent to an activating group) is 1. The summed E-state index contributed by atoms with van der Waals surface area (Å²) in [6, 6.07) is 11.9. The number of rotatable bonds is 14. The minimum absolute atomic E-state index is 0.0696. The first-order chi connectivity index (χ1) is 18.5. The molecule has 8 nitrogen and oxygen atoms in total. The highest BCUT2D eigenvalue weighted by Gasteiger charge is 2.17. The van der Waals surface area contributed by atoms with Crippen LogP contribution >= 0.6 is 0 Å². The lowest BCUT2D eigenvalue weighted by molar-refractivity contribution is 0.101. The third-order valence-electron chi connectivity index (χ3n) is 7.46. The second-order valence-electron chi connectivity index (χ2n) is 10.6. The summed E-state index contributed by atoms with van der Waals surface area (Å²) in [5.41, 5.74) is 3.46. The van der Waals surface area contributed by atoms with Crippen LogP contribution in [-0.2, 0) is 6.54 Å². The number of carbonyl (C=O) groups is 1. The van der Waals surface area contributed by atoms with Crippen molar-refractivity contribution >= 4 is 34.4 Å². The topological polar surface area (TPSA) is 69.5 Å². The van der Waals surface area contributed by atoms with Crippen molar-refractivity contribution in [2.75, 3.05) is 63.1 Å². The molecule has 0 unspecified atom stereocenters. The van der Waals surface area contributed by atoms with Crippen molar-refractivity contribution in [1.82, 2.24) is 24.3 Å². The van der Waals surface area contributed by atoms with Crippen LogP contribution in [0.5, 0.6) is 0 Å². The Balaban J connectivity index is 1.60. The van der Waals surface area contributed by atoms with E-state index < -0.39 is 0 Å². The van der Waals surface area contributed by atoms with Crippen LogP contribution in [0.15, 0.2) is 36.4 Å². The second-order valence-corrected chi connectivity index (χ2v) is 10.6. The third kappa shape index (κ3) is 7.32. The Morgan fingerprint density at radius 3 is 2.21 bits per heavy atom. The zero-order valence-corrected chi connectivity index (χ0v) is 23.7. The Kier molecular flexibility index (Phi) is 10.1. The Bertz CT molecular complexity index is 1160. The number of unbranched alkanes of at least 4 members (excludes halogenated alkanes) is 2. The molecule has 38 heavy (non-hydrogen) atoms. The van der Waals surface area contributed by atoms with Gasteiger partial charge in [0.25, 0.3) is 0 Å². The summed E-state index contributed by atoms with van der Waals surface area (Å²) in [5.74, 6) is 1.91. The molecule has 0 saturated carbocycles. The first kappa shape index (κ1) is 28.0. The molecular formula is C30H45N7O. The van der Waals surface area contributed by atoms with Gasteiger partial charge in [0, 0.05) is 57.1 Å². The molecular weight excluding hydrogens is 474 g/mol. The standard InChI is InChI=1S/C30H45N7O/c1-5-7-17-36(18-8-6-2)28-15-14-27-29(33-28)37(19-9-16-35-22-20-34(4)21-23-35)30(32-27)31-26-12-10-25(11-13-26)24(3)38/h10-15H,5-9,16-23H2,1-4H3,(H,31,32). The number of hydrogen-bond acceptors (Lipinski definition) is 7. The molecule has 0 aliphatic carbocycles. The van der Waals surface area contributed by atoms with Crippen molar-refractivity contribution in [2.45, 2.75) is 59.4 Å². The van der Waals surface area contributed by atoms with Crippen LogP contribution in [0.25, 0.3) is 11.2 Å². The highest BCUT2D eigenvalue weighted by Crippen LogP contribution is 2.25. The van der Waals surface area contributed by atoms with Crippen molar-refractivity contribution in [2.24, 2.45) is 0 Å². The largest absolute Gasteiger partial charge is 0.357 e. The Hall–Kier alpha value is -2.97. The number of aromatic nitrogens is 3. The van der Waals surface area contributed by atoms with E-state index in [4.69, 9.17) is 9.97 Å². The molecule has 1 saturated heterocycles. The number of fused-ring (bicyclic) bond motifs is 1. The van der Waals surface area contributed by atoms with Gasteiger partial charge in [-0.2, -0.15) is 0 Å². The van der Waals surface area contributed by atoms with Gasteiger partial charge in [0.1, 0.15) is 11.3 Å². The van der Waals surface area contributed by atoms with Crippen LogP contribution in [0.2, 0.25) is 0 Å². The number of aryl methyl sites for hydroxylation is 1. The zero-order valence-electron chi connectivity index (χ0n) is 23.7. The van der Waals surface area contributed by atoms with Gasteiger partial charge in [-0.15, -0.1) is 0 Å². The van der Waals surface area contributed by atoms with E-state index in [9.17, 15) is 4.79 Å². The summed E-state index contributed by atoms with van der Waals surface area (Å²) in [7, 11) is 2.20. The number of Topliss-reactive ketones (excluding diaryl/α,β-unsaturated/α-hetero) is 1. The number of imidazole rings is 1. The Morgan fingerprint density at radius 1 is 0.895 bits per heavy atom. The zero-order chi connectivity index (χ0) is 26.9. The van der Waals surface area contributed by atoms with Crippen LogP contribution in [-0.4, -0.2) is 83.0 Å². The number of nitrogens with zero attached hydrogens (tertiary/aromatic N) is 6. The van der Waals surface area contributed by atoms with Crippen LogP contribution in [0.4, 0.5) is 17.5 Å². The fourth-order valence-corrected chi connectivity index (χ4v) is 4.96. The van der Waals surface area contributed by atoms with E-state index in [1.807, 2.05) is 24.3 Å². The maximum atomic E-state index is 11.7. The third-order valence-corrected chi connectivity index (χ3v) is 7.46. The summed E-state index contributed by atoms with van der Waals surface area (Å²) in [6.07, 6.45) is 5.71. The van der Waals surface area contributed by atoms with Crippen molar-refractivity contribution < 1.29 is 4.79 Å². The summed E-state index contributed by atoms with van der Waals surface area (Å²) in [4.78, 5) is 29.2. The summed E-state index contributed by atoms with van der Waals surface area (Å²) < 4.78 is 2.24. The van der Waals surface area contributed by atoms with Gasteiger partial charge in [-0.1, -0.05) is 26.7 Å². The van der Waals surface area contributed by atoms with Gasteiger partial charge in [0.15, 0.2) is 11.4 Å². The molecule has 8 heteroatoms. The van der Waals surface area contributed by atoms with E-state index in [0.29, 0.717) is 5.56 Å². The van der Waals surface area contributed by atoms with E-state index in [0.717, 1.165) is 100 Å². The van der Waals surface area contributed by atoms with E-state index in [1.54, 1.807) is 6.92 Å². The van der Waals surface area contributed by atoms with Gasteiger partial charge in [-0.25, -0.2) is 9.97 Å². The van der Waals surface area contributed by atoms with Gasteiger partial charge in [-0.3, -0.25) is 9.36 Å². The van der Waals surface area contributed by atoms with Crippen LogP contribution in [0.3, 0.4) is 0 Å². The maximum absolute atomic E-state index is 11.7. The van der Waals surface area contributed by atoms with Gasteiger partial charge in [-0.05, 0) is 76.2 Å². The maximum Gasteiger partial charge on any atom is 0.209 e. The highest BCUT2D eigenvalue weighted by atomic mass is 16.1. The average molecular weight is 520 g/mol. The Morgan fingerprint density at radius 2 is 1.58 bits per heavy atom. The molecule has 3 aromatic rings. The van der Waals surface area contributed by atoms with Crippen molar-refractivity contribution in [1.29, 1.82) is 0 Å². The number of carbonyl (C=O) groups excluding carboxylic acids is 1. The van der Waals surface area contributed by atoms with Gasteiger partial charge >= 0.3 is 0 Å². The van der Waals surface area contributed by atoms with Crippen LogP contribution in [0, 0.1) is 0 Å². The molecule has 2 aromatic heterocycles. The number of piperazine rings is 1. The lowest BCUT2D eigenvalue weighted by Gasteiger charge is -2.32. The smallest absolute Gasteiger partial charge is 0.209 e. The summed E-state index contributed by atoms with van der Waals surface area (Å²) in [5, 5.41) is 3.51. The molecule has 1 fully saturated rings. The molecule has 0 radical (unpaired) electrons. The summed E-state index contributed by atoms with van der Waals surface area (Å²) >= 11 is 0. The highest BCUT2D eigenvalue weighted by molar-refractivity contribution is 5.94. The minimum Gasteiger partial charge on any atom is -0.357 e. The van der Waals surface area contributed by atoms with E-state index >= 15 is 0 Å². The molecule has 206 valence electrons. The molecule has 0 atom stereocenters. The predicted octanol–water partition coefficient (Wildman–Crippen LogP) is 5.42. The normalized spacial score (nSPS) is 14.7. The molecule has 1 aliphatic rings. The number of pyridine rings is 1. The molecule has 1 N–H and O–H groups in total. The molecule has 1 aromatic carbocycles. The molecule has 4 rings (SSSR count).